The molecular weight excluding hydrogens is 274 g/mol. The van der Waals surface area contributed by atoms with E-state index in [9.17, 15) is 5.11 Å². The highest BCUT2D eigenvalue weighted by Gasteiger charge is 2.05. The monoisotopic (exact) mass is 291 g/mol. The summed E-state index contributed by atoms with van der Waals surface area (Å²) in [5.74, 6) is 1.02. The number of halogens is 1. The van der Waals surface area contributed by atoms with E-state index in [1.807, 2.05) is 44.2 Å². The standard InChI is InChI=1S/C16H18ClNO2/c1-10-6-12(7-11(2)16(10)19)9-18-13-4-5-15(20-3)14(17)8-13/h4-8,18-19H,9H2,1-3H3. The summed E-state index contributed by atoms with van der Waals surface area (Å²) < 4.78 is 5.12. The largest absolute Gasteiger partial charge is 0.507 e. The third-order valence-electron chi connectivity index (χ3n) is 3.20. The summed E-state index contributed by atoms with van der Waals surface area (Å²) in [7, 11) is 1.59. The van der Waals surface area contributed by atoms with E-state index in [2.05, 4.69) is 5.32 Å². The van der Waals surface area contributed by atoms with Crippen molar-refractivity contribution in [3.8, 4) is 11.5 Å². The first-order valence-corrected chi connectivity index (χ1v) is 6.75. The van der Waals surface area contributed by atoms with Crippen molar-refractivity contribution in [3.63, 3.8) is 0 Å². The highest BCUT2D eigenvalue weighted by Crippen LogP contribution is 2.28. The number of hydrogen-bond donors (Lipinski definition) is 2. The molecule has 0 amide bonds. The van der Waals surface area contributed by atoms with Gasteiger partial charge in [0.05, 0.1) is 12.1 Å². The normalized spacial score (nSPS) is 10.4. The summed E-state index contributed by atoms with van der Waals surface area (Å²) in [5.41, 5.74) is 3.81. The van der Waals surface area contributed by atoms with E-state index >= 15 is 0 Å². The highest BCUT2D eigenvalue weighted by atomic mass is 35.5. The van der Waals surface area contributed by atoms with Crippen LogP contribution in [0.15, 0.2) is 30.3 Å². The first-order valence-electron chi connectivity index (χ1n) is 6.37. The molecule has 0 bridgehead atoms. The summed E-state index contributed by atoms with van der Waals surface area (Å²) in [4.78, 5) is 0. The van der Waals surface area contributed by atoms with Crippen LogP contribution in [0.25, 0.3) is 0 Å². The maximum Gasteiger partial charge on any atom is 0.137 e. The molecule has 0 fully saturated rings. The lowest BCUT2D eigenvalue weighted by Gasteiger charge is -2.11. The number of aromatic hydroxyl groups is 1. The molecule has 4 heteroatoms. The highest BCUT2D eigenvalue weighted by molar-refractivity contribution is 6.32. The number of methoxy groups -OCH3 is 1. The van der Waals surface area contributed by atoms with Gasteiger partial charge in [0.1, 0.15) is 11.5 Å². The van der Waals surface area contributed by atoms with Gasteiger partial charge < -0.3 is 15.2 Å². The minimum Gasteiger partial charge on any atom is -0.507 e. The molecular formula is C16H18ClNO2. The Morgan fingerprint density at radius 3 is 2.35 bits per heavy atom. The Kier molecular flexibility index (Phi) is 4.40. The molecule has 106 valence electrons. The fourth-order valence-electron chi connectivity index (χ4n) is 2.13. The van der Waals surface area contributed by atoms with Crippen LogP contribution < -0.4 is 10.1 Å². The second-order valence-electron chi connectivity index (χ2n) is 4.78. The summed E-state index contributed by atoms with van der Waals surface area (Å²) in [6.45, 7) is 4.47. The van der Waals surface area contributed by atoms with Gasteiger partial charge in [0, 0.05) is 12.2 Å². The van der Waals surface area contributed by atoms with Gasteiger partial charge in [0.25, 0.3) is 0 Å². The molecule has 2 rings (SSSR count). The minimum atomic E-state index is 0.362. The van der Waals surface area contributed by atoms with Gasteiger partial charge in [-0.15, -0.1) is 0 Å². The first-order chi connectivity index (χ1) is 9.51. The molecule has 2 aromatic carbocycles. The Balaban J connectivity index is 2.11. The second kappa shape index (κ2) is 6.06. The van der Waals surface area contributed by atoms with Crippen molar-refractivity contribution < 1.29 is 9.84 Å². The third kappa shape index (κ3) is 3.17. The SMILES string of the molecule is COc1ccc(NCc2cc(C)c(O)c(C)c2)cc1Cl. The van der Waals surface area contributed by atoms with Crippen LogP contribution in [0.3, 0.4) is 0 Å². The molecule has 0 radical (unpaired) electrons. The molecule has 0 saturated heterocycles. The second-order valence-corrected chi connectivity index (χ2v) is 5.19. The maximum atomic E-state index is 9.76. The zero-order chi connectivity index (χ0) is 14.7. The molecule has 0 unspecified atom stereocenters. The number of phenols is 1. The smallest absolute Gasteiger partial charge is 0.137 e. The van der Waals surface area contributed by atoms with E-state index in [0.717, 1.165) is 22.4 Å². The number of phenolic OH excluding ortho intramolecular Hbond substituents is 1. The van der Waals surface area contributed by atoms with Crippen molar-refractivity contribution in [2.24, 2.45) is 0 Å². The lowest BCUT2D eigenvalue weighted by atomic mass is 10.1. The van der Waals surface area contributed by atoms with Crippen LogP contribution >= 0.6 is 11.6 Å². The average Bonchev–Trinajstić information content (AvgIpc) is 2.42. The van der Waals surface area contributed by atoms with Crippen LogP contribution in [0.1, 0.15) is 16.7 Å². The molecule has 0 aliphatic carbocycles. The van der Waals surface area contributed by atoms with Crippen LogP contribution in [0, 0.1) is 13.8 Å². The molecule has 0 saturated carbocycles. The van der Waals surface area contributed by atoms with Crippen molar-refractivity contribution in [2.75, 3.05) is 12.4 Å². The lowest BCUT2D eigenvalue weighted by molar-refractivity contribution is 0.415. The third-order valence-corrected chi connectivity index (χ3v) is 3.49. The van der Waals surface area contributed by atoms with E-state index in [4.69, 9.17) is 16.3 Å². The zero-order valence-electron chi connectivity index (χ0n) is 11.8. The fourth-order valence-corrected chi connectivity index (χ4v) is 2.39. The van der Waals surface area contributed by atoms with Gasteiger partial charge in [-0.3, -0.25) is 0 Å². The zero-order valence-corrected chi connectivity index (χ0v) is 12.6. The van der Waals surface area contributed by atoms with E-state index < -0.39 is 0 Å². The van der Waals surface area contributed by atoms with Gasteiger partial charge in [-0.25, -0.2) is 0 Å². The van der Waals surface area contributed by atoms with Crippen LogP contribution in [-0.2, 0) is 6.54 Å². The van der Waals surface area contributed by atoms with Crippen LogP contribution in [0.4, 0.5) is 5.69 Å². The van der Waals surface area contributed by atoms with E-state index in [-0.39, 0.29) is 0 Å². The predicted molar refractivity (Wildman–Crippen MR) is 82.9 cm³/mol. The number of nitrogens with one attached hydrogen (secondary N) is 1. The van der Waals surface area contributed by atoms with Gasteiger partial charge in [0.15, 0.2) is 0 Å². The van der Waals surface area contributed by atoms with Gasteiger partial charge in [-0.05, 0) is 48.7 Å². The molecule has 2 aromatic rings. The number of aryl methyl sites for hydroxylation is 2. The van der Waals surface area contributed by atoms with Crippen LogP contribution in [0.2, 0.25) is 5.02 Å². The molecule has 0 aromatic heterocycles. The van der Waals surface area contributed by atoms with Crippen molar-refractivity contribution in [3.05, 3.63) is 52.0 Å². The minimum absolute atomic E-state index is 0.362. The van der Waals surface area contributed by atoms with Gasteiger partial charge in [0.2, 0.25) is 0 Å². The lowest BCUT2D eigenvalue weighted by Crippen LogP contribution is -2.00. The number of anilines is 1. The van der Waals surface area contributed by atoms with Gasteiger partial charge >= 0.3 is 0 Å². The molecule has 0 aliphatic rings. The average molecular weight is 292 g/mol. The topological polar surface area (TPSA) is 41.5 Å². The van der Waals surface area contributed by atoms with Crippen molar-refractivity contribution in [2.45, 2.75) is 20.4 Å². The van der Waals surface area contributed by atoms with Gasteiger partial charge in [-0.2, -0.15) is 0 Å². The van der Waals surface area contributed by atoms with Gasteiger partial charge in [-0.1, -0.05) is 23.7 Å². The van der Waals surface area contributed by atoms with E-state index in [0.29, 0.717) is 23.1 Å². The Hall–Kier alpha value is -1.87. The number of hydrogen-bond acceptors (Lipinski definition) is 3. The summed E-state index contributed by atoms with van der Waals surface area (Å²) in [6.07, 6.45) is 0. The van der Waals surface area contributed by atoms with Crippen molar-refractivity contribution >= 4 is 17.3 Å². The molecule has 2 N–H and O–H groups in total. The predicted octanol–water partition coefficient (Wildman–Crippen LogP) is 4.28. The Morgan fingerprint density at radius 2 is 1.80 bits per heavy atom. The molecule has 3 nitrogen and oxygen atoms in total. The van der Waals surface area contributed by atoms with E-state index in [1.165, 1.54) is 0 Å². The number of ether oxygens (including phenoxy) is 1. The number of rotatable bonds is 4. The Morgan fingerprint density at radius 1 is 1.15 bits per heavy atom. The van der Waals surface area contributed by atoms with Crippen LogP contribution in [0.5, 0.6) is 11.5 Å². The fraction of sp³-hybridized carbons (Fsp3) is 0.250. The molecule has 0 heterocycles. The summed E-state index contributed by atoms with van der Waals surface area (Å²) in [5, 5.41) is 13.6. The molecule has 0 atom stereocenters. The first kappa shape index (κ1) is 14.5. The summed E-state index contributed by atoms with van der Waals surface area (Å²) >= 11 is 6.08. The van der Waals surface area contributed by atoms with Crippen molar-refractivity contribution in [1.29, 1.82) is 0 Å². The summed E-state index contributed by atoms with van der Waals surface area (Å²) in [6, 6.07) is 9.53. The maximum absolute atomic E-state index is 9.76. The molecule has 0 aliphatic heterocycles. The molecule has 20 heavy (non-hydrogen) atoms. The number of benzene rings is 2. The Bertz CT molecular complexity index is 603. The van der Waals surface area contributed by atoms with Crippen molar-refractivity contribution in [1.82, 2.24) is 0 Å². The molecule has 0 spiro atoms. The Labute approximate surface area is 124 Å². The van der Waals surface area contributed by atoms with E-state index in [1.54, 1.807) is 7.11 Å². The van der Waals surface area contributed by atoms with Crippen LogP contribution in [-0.4, -0.2) is 12.2 Å². The quantitative estimate of drug-likeness (QED) is 0.883.